The first-order chi connectivity index (χ1) is 9.50. The molecule has 0 aliphatic carbocycles. The summed E-state index contributed by atoms with van der Waals surface area (Å²) in [6, 6.07) is 2.50. The SMILES string of the molecule is CCCC1(C(=O)Cc2c(F)ccc(Br)c2F)CCCN1. The minimum absolute atomic E-state index is 0.118. The Morgan fingerprint density at radius 1 is 1.45 bits per heavy atom. The van der Waals surface area contributed by atoms with Gasteiger partial charge >= 0.3 is 0 Å². The molecule has 5 heteroatoms. The van der Waals surface area contributed by atoms with Gasteiger partial charge in [-0.2, -0.15) is 0 Å². The van der Waals surface area contributed by atoms with E-state index in [-0.39, 0.29) is 22.2 Å². The van der Waals surface area contributed by atoms with Crippen molar-refractivity contribution < 1.29 is 13.6 Å². The molecular weight excluding hydrogens is 328 g/mol. The van der Waals surface area contributed by atoms with Crippen LogP contribution in [0.4, 0.5) is 8.78 Å². The molecule has 20 heavy (non-hydrogen) atoms. The number of benzene rings is 1. The highest BCUT2D eigenvalue weighted by Gasteiger charge is 2.39. The molecule has 0 spiro atoms. The van der Waals surface area contributed by atoms with Crippen molar-refractivity contribution in [2.45, 2.75) is 44.6 Å². The van der Waals surface area contributed by atoms with Crippen molar-refractivity contribution >= 4 is 21.7 Å². The lowest BCUT2D eigenvalue weighted by molar-refractivity contribution is -0.124. The van der Waals surface area contributed by atoms with E-state index in [0.717, 1.165) is 25.8 Å². The Morgan fingerprint density at radius 2 is 2.20 bits per heavy atom. The fraction of sp³-hybridized carbons (Fsp3) is 0.533. The summed E-state index contributed by atoms with van der Waals surface area (Å²) in [5, 5.41) is 3.24. The van der Waals surface area contributed by atoms with Gasteiger partial charge < -0.3 is 5.32 Å². The molecular formula is C15H18BrF2NO. The average Bonchev–Trinajstić information content (AvgIpc) is 2.89. The summed E-state index contributed by atoms with van der Waals surface area (Å²) in [5.74, 6) is -1.46. The molecule has 1 N–H and O–H groups in total. The summed E-state index contributed by atoms with van der Waals surface area (Å²) < 4.78 is 27.9. The van der Waals surface area contributed by atoms with Crippen LogP contribution in [0.1, 0.15) is 38.2 Å². The smallest absolute Gasteiger partial charge is 0.157 e. The van der Waals surface area contributed by atoms with Gasteiger partial charge in [-0.15, -0.1) is 0 Å². The molecule has 1 aliphatic rings. The Morgan fingerprint density at radius 3 is 2.80 bits per heavy atom. The Kier molecular flexibility index (Phi) is 4.91. The molecule has 1 unspecified atom stereocenters. The average molecular weight is 346 g/mol. The van der Waals surface area contributed by atoms with Crippen molar-refractivity contribution in [3.05, 3.63) is 33.8 Å². The normalized spacial score (nSPS) is 22.2. The van der Waals surface area contributed by atoms with Crippen LogP contribution in [0.15, 0.2) is 16.6 Å². The Hall–Kier alpha value is -0.810. The maximum Gasteiger partial charge on any atom is 0.157 e. The summed E-state index contributed by atoms with van der Waals surface area (Å²) in [4.78, 5) is 12.5. The minimum Gasteiger partial charge on any atom is -0.305 e. The van der Waals surface area contributed by atoms with E-state index < -0.39 is 17.2 Å². The lowest BCUT2D eigenvalue weighted by atomic mass is 9.84. The topological polar surface area (TPSA) is 29.1 Å². The van der Waals surface area contributed by atoms with E-state index in [1.54, 1.807) is 0 Å². The molecule has 0 amide bonds. The zero-order chi connectivity index (χ0) is 14.8. The van der Waals surface area contributed by atoms with Gasteiger partial charge in [0, 0.05) is 12.0 Å². The standard InChI is InChI=1S/C15H18BrF2NO/c1-2-6-15(7-3-8-19-15)13(20)9-10-12(17)5-4-11(16)14(10)18/h4-5,19H,2-3,6-9H2,1H3. The van der Waals surface area contributed by atoms with E-state index in [0.29, 0.717) is 6.42 Å². The maximum atomic E-state index is 14.0. The van der Waals surface area contributed by atoms with E-state index in [4.69, 9.17) is 0 Å². The number of carbonyl (C=O) groups excluding carboxylic acids is 1. The van der Waals surface area contributed by atoms with Gasteiger partial charge in [0.2, 0.25) is 0 Å². The summed E-state index contributed by atoms with van der Waals surface area (Å²) >= 11 is 3.03. The van der Waals surface area contributed by atoms with Gasteiger partial charge in [-0.3, -0.25) is 4.79 Å². The first-order valence-corrected chi connectivity index (χ1v) is 7.70. The fourth-order valence-corrected chi connectivity index (χ4v) is 3.26. The van der Waals surface area contributed by atoms with Gasteiger partial charge in [-0.05, 0) is 53.9 Å². The van der Waals surface area contributed by atoms with E-state index in [1.165, 1.54) is 12.1 Å². The fourth-order valence-electron chi connectivity index (χ4n) is 2.88. The maximum absolute atomic E-state index is 14.0. The van der Waals surface area contributed by atoms with Gasteiger partial charge in [0.1, 0.15) is 11.6 Å². The number of hydrogen-bond donors (Lipinski definition) is 1. The predicted octanol–water partition coefficient (Wildman–Crippen LogP) is 3.76. The van der Waals surface area contributed by atoms with E-state index >= 15 is 0 Å². The molecule has 0 aromatic heterocycles. The predicted molar refractivity (Wildman–Crippen MR) is 77.6 cm³/mol. The molecule has 0 saturated carbocycles. The zero-order valence-electron chi connectivity index (χ0n) is 11.4. The van der Waals surface area contributed by atoms with Crippen LogP contribution in [0, 0.1) is 11.6 Å². The van der Waals surface area contributed by atoms with Crippen LogP contribution in [0.2, 0.25) is 0 Å². The summed E-state index contributed by atoms with van der Waals surface area (Å²) in [6.45, 7) is 2.80. The van der Waals surface area contributed by atoms with E-state index in [9.17, 15) is 13.6 Å². The number of nitrogens with one attached hydrogen (secondary N) is 1. The second-order valence-electron chi connectivity index (χ2n) is 5.28. The van der Waals surface area contributed by atoms with Crippen LogP contribution in [-0.4, -0.2) is 17.9 Å². The van der Waals surface area contributed by atoms with Crippen molar-refractivity contribution in [3.8, 4) is 0 Å². The highest BCUT2D eigenvalue weighted by Crippen LogP contribution is 2.29. The summed E-state index contributed by atoms with van der Waals surface area (Å²) in [7, 11) is 0. The van der Waals surface area contributed by atoms with Gasteiger partial charge in [0.05, 0.1) is 10.0 Å². The number of hydrogen-bond acceptors (Lipinski definition) is 2. The quantitative estimate of drug-likeness (QED) is 0.823. The number of ketones is 1. The Balaban J connectivity index is 2.25. The van der Waals surface area contributed by atoms with E-state index in [2.05, 4.69) is 21.2 Å². The highest BCUT2D eigenvalue weighted by molar-refractivity contribution is 9.10. The van der Waals surface area contributed by atoms with Crippen LogP contribution in [0.5, 0.6) is 0 Å². The first-order valence-electron chi connectivity index (χ1n) is 6.91. The minimum atomic E-state index is -0.678. The van der Waals surface area contributed by atoms with Crippen LogP contribution in [-0.2, 0) is 11.2 Å². The van der Waals surface area contributed by atoms with Crippen molar-refractivity contribution in [2.24, 2.45) is 0 Å². The largest absolute Gasteiger partial charge is 0.305 e. The van der Waals surface area contributed by atoms with Crippen molar-refractivity contribution in [1.82, 2.24) is 5.32 Å². The number of halogens is 3. The second kappa shape index (κ2) is 6.31. The van der Waals surface area contributed by atoms with Crippen LogP contribution in [0.3, 0.4) is 0 Å². The number of rotatable bonds is 5. The molecule has 1 aromatic rings. The van der Waals surface area contributed by atoms with Crippen molar-refractivity contribution in [2.75, 3.05) is 6.54 Å². The molecule has 2 nitrogen and oxygen atoms in total. The molecule has 1 heterocycles. The third-order valence-electron chi connectivity index (χ3n) is 3.93. The third-order valence-corrected chi connectivity index (χ3v) is 4.54. The Labute approximate surface area is 126 Å². The van der Waals surface area contributed by atoms with Gasteiger partial charge in [0.25, 0.3) is 0 Å². The monoisotopic (exact) mass is 345 g/mol. The van der Waals surface area contributed by atoms with Crippen LogP contribution in [0.25, 0.3) is 0 Å². The zero-order valence-corrected chi connectivity index (χ0v) is 13.0. The Bertz CT molecular complexity index is 513. The molecule has 2 rings (SSSR count). The van der Waals surface area contributed by atoms with Gasteiger partial charge in [0.15, 0.2) is 5.78 Å². The highest BCUT2D eigenvalue weighted by atomic mass is 79.9. The lowest BCUT2D eigenvalue weighted by Crippen LogP contribution is -2.48. The lowest BCUT2D eigenvalue weighted by Gasteiger charge is -2.27. The molecule has 1 aliphatic heterocycles. The molecule has 1 atom stereocenters. The molecule has 0 bridgehead atoms. The molecule has 1 saturated heterocycles. The van der Waals surface area contributed by atoms with Gasteiger partial charge in [-0.25, -0.2) is 8.78 Å². The molecule has 0 radical (unpaired) electrons. The number of Topliss-reactive ketones (excluding diaryl/α,β-unsaturated/α-hetero) is 1. The summed E-state index contributed by atoms with van der Waals surface area (Å²) in [5.41, 5.74) is -0.746. The van der Waals surface area contributed by atoms with Crippen LogP contribution < -0.4 is 5.32 Å². The van der Waals surface area contributed by atoms with Gasteiger partial charge in [-0.1, -0.05) is 13.3 Å². The van der Waals surface area contributed by atoms with Crippen LogP contribution >= 0.6 is 15.9 Å². The number of carbonyl (C=O) groups is 1. The molecule has 1 aromatic carbocycles. The third kappa shape index (κ3) is 2.93. The van der Waals surface area contributed by atoms with Crippen molar-refractivity contribution in [3.63, 3.8) is 0 Å². The van der Waals surface area contributed by atoms with E-state index in [1.807, 2.05) is 6.92 Å². The molecule has 110 valence electrons. The van der Waals surface area contributed by atoms with Crippen molar-refractivity contribution in [1.29, 1.82) is 0 Å². The first kappa shape index (κ1) is 15.6. The second-order valence-corrected chi connectivity index (χ2v) is 6.14. The summed E-state index contributed by atoms with van der Waals surface area (Å²) in [6.07, 6.45) is 3.04. The molecule has 1 fully saturated rings.